The summed E-state index contributed by atoms with van der Waals surface area (Å²) in [5, 5.41) is 3.09. The standard InChI is InChI=1S/C13H24BrNO/c1-3-7-11(14)10-15-12(16)13(2)8-5-4-6-9-13/h11H,3-10H2,1-2H3,(H,15,16). The number of carbonyl (C=O) groups excluding carboxylic acids is 1. The Morgan fingerprint density at radius 2 is 2.00 bits per heavy atom. The summed E-state index contributed by atoms with van der Waals surface area (Å²) in [6.45, 7) is 5.05. The number of alkyl halides is 1. The molecule has 0 saturated heterocycles. The smallest absolute Gasteiger partial charge is 0.225 e. The van der Waals surface area contributed by atoms with E-state index in [0.717, 1.165) is 32.2 Å². The monoisotopic (exact) mass is 289 g/mol. The van der Waals surface area contributed by atoms with Crippen LogP contribution in [0.2, 0.25) is 0 Å². The van der Waals surface area contributed by atoms with E-state index in [9.17, 15) is 4.79 Å². The molecule has 3 heteroatoms. The van der Waals surface area contributed by atoms with Crippen molar-refractivity contribution in [2.75, 3.05) is 6.54 Å². The van der Waals surface area contributed by atoms with Gasteiger partial charge in [0.25, 0.3) is 0 Å². The highest BCUT2D eigenvalue weighted by molar-refractivity contribution is 9.09. The van der Waals surface area contributed by atoms with Crippen LogP contribution in [0.25, 0.3) is 0 Å². The van der Waals surface area contributed by atoms with E-state index in [2.05, 4.69) is 35.1 Å². The van der Waals surface area contributed by atoms with Gasteiger partial charge in [0.05, 0.1) is 0 Å². The fourth-order valence-electron chi connectivity index (χ4n) is 2.39. The summed E-state index contributed by atoms with van der Waals surface area (Å²) in [5.41, 5.74) is -0.100. The van der Waals surface area contributed by atoms with Gasteiger partial charge in [0.15, 0.2) is 0 Å². The Hall–Kier alpha value is -0.0500. The lowest BCUT2D eigenvalue weighted by Crippen LogP contribution is -2.42. The minimum absolute atomic E-state index is 0.100. The molecule has 0 spiro atoms. The number of carbonyl (C=O) groups is 1. The van der Waals surface area contributed by atoms with Crippen molar-refractivity contribution in [2.45, 2.75) is 63.6 Å². The van der Waals surface area contributed by atoms with Gasteiger partial charge in [-0.15, -0.1) is 0 Å². The third kappa shape index (κ3) is 4.08. The third-order valence-corrected chi connectivity index (χ3v) is 4.37. The maximum atomic E-state index is 12.1. The fourth-order valence-corrected chi connectivity index (χ4v) is 3.01. The minimum atomic E-state index is -0.100. The van der Waals surface area contributed by atoms with Crippen LogP contribution >= 0.6 is 15.9 Å². The normalized spacial score (nSPS) is 21.4. The van der Waals surface area contributed by atoms with E-state index in [-0.39, 0.29) is 11.3 Å². The molecule has 0 heterocycles. The van der Waals surface area contributed by atoms with Gasteiger partial charge in [0.2, 0.25) is 5.91 Å². The highest BCUT2D eigenvalue weighted by Crippen LogP contribution is 2.35. The van der Waals surface area contributed by atoms with Gasteiger partial charge in [-0.05, 0) is 19.3 Å². The molecule has 0 aromatic rings. The molecule has 1 atom stereocenters. The molecule has 0 aliphatic heterocycles. The molecule has 0 bridgehead atoms. The first-order chi connectivity index (χ1) is 7.58. The molecule has 0 aromatic heterocycles. The van der Waals surface area contributed by atoms with E-state index in [1.807, 2.05) is 0 Å². The van der Waals surface area contributed by atoms with Crippen LogP contribution in [0.1, 0.15) is 58.8 Å². The van der Waals surface area contributed by atoms with Crippen LogP contribution in [0.4, 0.5) is 0 Å². The quantitative estimate of drug-likeness (QED) is 0.770. The van der Waals surface area contributed by atoms with Crippen LogP contribution < -0.4 is 5.32 Å². The lowest BCUT2D eigenvalue weighted by Gasteiger charge is -2.32. The Balaban J connectivity index is 2.33. The molecular formula is C13H24BrNO. The summed E-state index contributed by atoms with van der Waals surface area (Å²) in [7, 11) is 0. The second-order valence-electron chi connectivity index (χ2n) is 5.22. The predicted molar refractivity (Wildman–Crippen MR) is 71.8 cm³/mol. The maximum absolute atomic E-state index is 12.1. The Morgan fingerprint density at radius 1 is 1.38 bits per heavy atom. The highest BCUT2D eigenvalue weighted by atomic mass is 79.9. The number of nitrogens with one attached hydrogen (secondary N) is 1. The van der Waals surface area contributed by atoms with Gasteiger partial charge in [0.1, 0.15) is 0 Å². The molecule has 0 aromatic carbocycles. The first kappa shape index (κ1) is 14.0. The molecule has 1 amide bonds. The van der Waals surface area contributed by atoms with Crippen molar-refractivity contribution in [3.05, 3.63) is 0 Å². The Morgan fingerprint density at radius 3 is 2.56 bits per heavy atom. The summed E-state index contributed by atoms with van der Waals surface area (Å²) < 4.78 is 0. The lowest BCUT2D eigenvalue weighted by molar-refractivity contribution is -0.131. The third-order valence-electron chi connectivity index (χ3n) is 3.59. The van der Waals surface area contributed by atoms with E-state index < -0.39 is 0 Å². The van der Waals surface area contributed by atoms with E-state index >= 15 is 0 Å². The molecule has 1 fully saturated rings. The van der Waals surface area contributed by atoms with Crippen molar-refractivity contribution in [3.63, 3.8) is 0 Å². The van der Waals surface area contributed by atoms with E-state index in [1.165, 1.54) is 19.3 Å². The molecule has 94 valence electrons. The van der Waals surface area contributed by atoms with E-state index in [0.29, 0.717) is 4.83 Å². The Labute approximate surface area is 108 Å². The van der Waals surface area contributed by atoms with Crippen LogP contribution in [0, 0.1) is 5.41 Å². The summed E-state index contributed by atoms with van der Waals surface area (Å²) >= 11 is 3.59. The highest BCUT2D eigenvalue weighted by Gasteiger charge is 2.34. The first-order valence-corrected chi connectivity index (χ1v) is 7.42. The SMILES string of the molecule is CCCC(Br)CNC(=O)C1(C)CCCCC1. The predicted octanol–water partition coefficient (Wildman–Crippen LogP) is 3.64. The van der Waals surface area contributed by atoms with E-state index in [4.69, 9.17) is 0 Å². The van der Waals surface area contributed by atoms with Gasteiger partial charge in [-0.25, -0.2) is 0 Å². The van der Waals surface area contributed by atoms with Crippen molar-refractivity contribution in [2.24, 2.45) is 5.41 Å². The molecule has 1 aliphatic rings. The van der Waals surface area contributed by atoms with Gasteiger partial charge >= 0.3 is 0 Å². The van der Waals surface area contributed by atoms with Crippen LogP contribution in [-0.4, -0.2) is 17.3 Å². The molecule has 1 rings (SSSR count). The van der Waals surface area contributed by atoms with Gasteiger partial charge in [-0.2, -0.15) is 0 Å². The van der Waals surface area contributed by atoms with Crippen LogP contribution in [0.5, 0.6) is 0 Å². The van der Waals surface area contributed by atoms with Crippen molar-refractivity contribution >= 4 is 21.8 Å². The summed E-state index contributed by atoms with van der Waals surface area (Å²) in [4.78, 5) is 12.5. The first-order valence-electron chi connectivity index (χ1n) is 6.51. The minimum Gasteiger partial charge on any atom is -0.355 e. The number of halogens is 1. The average molecular weight is 290 g/mol. The zero-order chi connectivity index (χ0) is 12.0. The van der Waals surface area contributed by atoms with Gasteiger partial charge in [-0.1, -0.05) is 55.5 Å². The van der Waals surface area contributed by atoms with Gasteiger partial charge in [0, 0.05) is 16.8 Å². The maximum Gasteiger partial charge on any atom is 0.225 e. The largest absolute Gasteiger partial charge is 0.355 e. The molecule has 2 nitrogen and oxygen atoms in total. The number of amides is 1. The van der Waals surface area contributed by atoms with Crippen LogP contribution in [0.15, 0.2) is 0 Å². The van der Waals surface area contributed by atoms with Gasteiger partial charge in [-0.3, -0.25) is 4.79 Å². The summed E-state index contributed by atoms with van der Waals surface area (Å²) in [6.07, 6.45) is 8.09. The van der Waals surface area contributed by atoms with Crippen LogP contribution in [0.3, 0.4) is 0 Å². The van der Waals surface area contributed by atoms with Crippen LogP contribution in [-0.2, 0) is 4.79 Å². The fraction of sp³-hybridized carbons (Fsp3) is 0.923. The van der Waals surface area contributed by atoms with Crippen molar-refractivity contribution < 1.29 is 4.79 Å². The average Bonchev–Trinajstić information content (AvgIpc) is 2.27. The zero-order valence-corrected chi connectivity index (χ0v) is 12.1. The molecule has 0 radical (unpaired) electrons. The molecular weight excluding hydrogens is 266 g/mol. The molecule has 1 saturated carbocycles. The van der Waals surface area contributed by atoms with E-state index in [1.54, 1.807) is 0 Å². The Kier molecular flexibility index (Phi) is 5.81. The van der Waals surface area contributed by atoms with Crippen molar-refractivity contribution in [1.29, 1.82) is 0 Å². The van der Waals surface area contributed by atoms with Crippen molar-refractivity contribution in [1.82, 2.24) is 5.32 Å². The summed E-state index contributed by atoms with van der Waals surface area (Å²) in [5.74, 6) is 0.257. The topological polar surface area (TPSA) is 29.1 Å². The van der Waals surface area contributed by atoms with Gasteiger partial charge < -0.3 is 5.32 Å². The summed E-state index contributed by atoms with van der Waals surface area (Å²) in [6, 6.07) is 0. The Bertz CT molecular complexity index is 224. The number of hydrogen-bond acceptors (Lipinski definition) is 1. The molecule has 1 N–H and O–H groups in total. The number of rotatable bonds is 5. The molecule has 16 heavy (non-hydrogen) atoms. The number of hydrogen-bond donors (Lipinski definition) is 1. The van der Waals surface area contributed by atoms with Crippen molar-refractivity contribution in [3.8, 4) is 0 Å². The molecule has 1 aliphatic carbocycles. The lowest BCUT2D eigenvalue weighted by atomic mass is 9.75. The molecule has 1 unspecified atom stereocenters. The second kappa shape index (κ2) is 6.63. The zero-order valence-electron chi connectivity index (χ0n) is 10.5. The second-order valence-corrected chi connectivity index (χ2v) is 6.51.